The number of halogens is 1. The molecule has 0 aliphatic heterocycles. The van der Waals surface area contributed by atoms with E-state index in [-0.39, 0.29) is 4.90 Å². The molecule has 0 bridgehead atoms. The maximum atomic E-state index is 13.8. The molecule has 0 aliphatic rings. The van der Waals surface area contributed by atoms with Crippen LogP contribution in [0.4, 0.5) is 5.69 Å². The Balaban J connectivity index is 2.21. The minimum absolute atomic E-state index is 0.107. The Hall–Kier alpha value is -2.90. The van der Waals surface area contributed by atoms with Crippen LogP contribution in [-0.4, -0.2) is 29.7 Å². The Bertz CT molecular complexity index is 1170. The molecule has 164 valence electrons. The molecule has 3 aromatic carbocycles. The molecule has 0 aliphatic carbocycles. The van der Waals surface area contributed by atoms with Gasteiger partial charge in [0.25, 0.3) is 10.0 Å². The average Bonchev–Trinajstić information content (AvgIpc) is 2.78. The molecule has 0 amide bonds. The molecule has 6 nitrogen and oxygen atoms in total. The highest BCUT2D eigenvalue weighted by atomic mass is 35.5. The SMILES string of the molecule is COc1cccc(S(=O)(=O)N(c2ccc(OC)c(OC)c2)[C@H](C)c2cccc(Cl)c2)c1. The number of rotatable bonds is 8. The minimum Gasteiger partial charge on any atom is -0.497 e. The molecule has 0 heterocycles. The van der Waals surface area contributed by atoms with Gasteiger partial charge in [-0.2, -0.15) is 0 Å². The summed E-state index contributed by atoms with van der Waals surface area (Å²) >= 11 is 6.18. The Morgan fingerprint density at radius 1 is 0.839 bits per heavy atom. The van der Waals surface area contributed by atoms with E-state index in [9.17, 15) is 8.42 Å². The summed E-state index contributed by atoms with van der Waals surface area (Å²) < 4.78 is 44.9. The molecule has 0 radical (unpaired) electrons. The number of hydrogen-bond donors (Lipinski definition) is 0. The lowest BCUT2D eigenvalue weighted by atomic mass is 10.1. The first-order valence-corrected chi connectivity index (χ1v) is 11.3. The van der Waals surface area contributed by atoms with Gasteiger partial charge in [0.2, 0.25) is 0 Å². The van der Waals surface area contributed by atoms with E-state index in [4.69, 9.17) is 25.8 Å². The van der Waals surface area contributed by atoms with Crippen molar-refractivity contribution < 1.29 is 22.6 Å². The van der Waals surface area contributed by atoms with Gasteiger partial charge in [-0.1, -0.05) is 29.8 Å². The highest BCUT2D eigenvalue weighted by Gasteiger charge is 2.31. The van der Waals surface area contributed by atoms with E-state index in [1.54, 1.807) is 55.5 Å². The highest BCUT2D eigenvalue weighted by Crippen LogP contribution is 2.39. The largest absolute Gasteiger partial charge is 0.497 e. The van der Waals surface area contributed by atoms with Crippen molar-refractivity contribution in [3.05, 3.63) is 77.3 Å². The predicted molar refractivity (Wildman–Crippen MR) is 122 cm³/mol. The van der Waals surface area contributed by atoms with Crippen LogP contribution in [-0.2, 0) is 10.0 Å². The molecule has 0 N–H and O–H groups in total. The van der Waals surface area contributed by atoms with Crippen molar-refractivity contribution >= 4 is 27.3 Å². The van der Waals surface area contributed by atoms with Gasteiger partial charge in [-0.25, -0.2) is 8.42 Å². The van der Waals surface area contributed by atoms with Gasteiger partial charge in [0.1, 0.15) is 5.75 Å². The molecule has 31 heavy (non-hydrogen) atoms. The fraction of sp³-hybridized carbons (Fsp3) is 0.217. The summed E-state index contributed by atoms with van der Waals surface area (Å²) in [6.45, 7) is 1.81. The molecular weight excluding hydrogens is 438 g/mol. The Morgan fingerprint density at radius 3 is 2.19 bits per heavy atom. The second-order valence-corrected chi connectivity index (χ2v) is 9.00. The van der Waals surface area contributed by atoms with Crippen molar-refractivity contribution in [1.82, 2.24) is 0 Å². The minimum atomic E-state index is -3.98. The topological polar surface area (TPSA) is 65.1 Å². The third-order valence-corrected chi connectivity index (χ3v) is 7.03. The van der Waals surface area contributed by atoms with Crippen LogP contribution in [0.5, 0.6) is 17.2 Å². The second-order valence-electron chi connectivity index (χ2n) is 6.75. The molecule has 0 spiro atoms. The van der Waals surface area contributed by atoms with Gasteiger partial charge < -0.3 is 14.2 Å². The van der Waals surface area contributed by atoms with Crippen molar-refractivity contribution in [3.8, 4) is 17.2 Å². The molecule has 0 fully saturated rings. The van der Waals surface area contributed by atoms with E-state index >= 15 is 0 Å². The van der Waals surface area contributed by atoms with E-state index < -0.39 is 16.1 Å². The lowest BCUT2D eigenvalue weighted by Crippen LogP contribution is -2.33. The van der Waals surface area contributed by atoms with Crippen LogP contribution in [0.3, 0.4) is 0 Å². The van der Waals surface area contributed by atoms with Crippen LogP contribution in [0.1, 0.15) is 18.5 Å². The number of nitrogens with zero attached hydrogens (tertiary/aromatic N) is 1. The quantitative estimate of drug-likeness (QED) is 0.454. The van der Waals surface area contributed by atoms with Crippen LogP contribution in [0, 0.1) is 0 Å². The third-order valence-electron chi connectivity index (χ3n) is 4.90. The number of methoxy groups -OCH3 is 3. The van der Waals surface area contributed by atoms with E-state index in [1.807, 2.05) is 6.07 Å². The molecule has 0 unspecified atom stereocenters. The highest BCUT2D eigenvalue weighted by molar-refractivity contribution is 7.92. The van der Waals surface area contributed by atoms with Gasteiger partial charge in [-0.3, -0.25) is 4.31 Å². The lowest BCUT2D eigenvalue weighted by molar-refractivity contribution is 0.355. The fourth-order valence-electron chi connectivity index (χ4n) is 3.31. The fourth-order valence-corrected chi connectivity index (χ4v) is 5.18. The summed E-state index contributed by atoms with van der Waals surface area (Å²) in [4.78, 5) is 0.107. The summed E-state index contributed by atoms with van der Waals surface area (Å²) in [5.74, 6) is 1.37. The molecule has 0 saturated heterocycles. The van der Waals surface area contributed by atoms with Crippen LogP contribution in [0.15, 0.2) is 71.6 Å². The van der Waals surface area contributed by atoms with Gasteiger partial charge in [0, 0.05) is 17.2 Å². The molecule has 0 saturated carbocycles. The Labute approximate surface area is 188 Å². The second kappa shape index (κ2) is 9.49. The number of ether oxygens (including phenoxy) is 3. The van der Waals surface area contributed by atoms with E-state index in [0.717, 1.165) is 5.56 Å². The maximum Gasteiger partial charge on any atom is 0.265 e. The zero-order valence-electron chi connectivity index (χ0n) is 17.7. The molecule has 1 atom stereocenters. The Kier molecular flexibility index (Phi) is 6.97. The third kappa shape index (κ3) is 4.73. The first-order valence-electron chi connectivity index (χ1n) is 9.47. The Morgan fingerprint density at radius 2 is 1.55 bits per heavy atom. The molecule has 8 heteroatoms. The number of benzene rings is 3. The van der Waals surface area contributed by atoms with Gasteiger partial charge in [-0.15, -0.1) is 0 Å². The van der Waals surface area contributed by atoms with E-state index in [0.29, 0.717) is 28.0 Å². The molecule has 3 aromatic rings. The van der Waals surface area contributed by atoms with Crippen LogP contribution in [0.2, 0.25) is 5.02 Å². The monoisotopic (exact) mass is 461 g/mol. The number of anilines is 1. The summed E-state index contributed by atoms with van der Waals surface area (Å²) in [5.41, 5.74) is 1.17. The van der Waals surface area contributed by atoms with Crippen LogP contribution >= 0.6 is 11.6 Å². The lowest BCUT2D eigenvalue weighted by Gasteiger charge is -2.31. The molecule has 0 aromatic heterocycles. The first kappa shape index (κ1) is 22.8. The van der Waals surface area contributed by atoms with Crippen molar-refractivity contribution in [3.63, 3.8) is 0 Å². The zero-order valence-corrected chi connectivity index (χ0v) is 19.3. The van der Waals surface area contributed by atoms with Gasteiger partial charge >= 0.3 is 0 Å². The first-order chi connectivity index (χ1) is 14.8. The van der Waals surface area contributed by atoms with Crippen molar-refractivity contribution in [1.29, 1.82) is 0 Å². The van der Waals surface area contributed by atoms with Crippen LogP contribution in [0.25, 0.3) is 0 Å². The summed E-state index contributed by atoms with van der Waals surface area (Å²) in [6.07, 6.45) is 0. The van der Waals surface area contributed by atoms with Crippen LogP contribution < -0.4 is 18.5 Å². The zero-order chi connectivity index (χ0) is 22.6. The van der Waals surface area contributed by atoms with E-state index in [2.05, 4.69) is 0 Å². The molecule has 3 rings (SSSR count). The normalized spacial score (nSPS) is 12.2. The number of sulfonamides is 1. The van der Waals surface area contributed by atoms with Gasteiger partial charge in [0.15, 0.2) is 11.5 Å². The van der Waals surface area contributed by atoms with Crippen molar-refractivity contribution in [2.75, 3.05) is 25.6 Å². The van der Waals surface area contributed by atoms with Crippen molar-refractivity contribution in [2.24, 2.45) is 0 Å². The standard InChI is InChI=1S/C23H24ClNO5S/c1-16(17-7-5-8-18(24)13-17)25(19-11-12-22(29-3)23(14-19)30-4)31(26,27)21-10-6-9-20(15-21)28-2/h5-16H,1-4H3/t16-/m1/s1. The summed E-state index contributed by atoms with van der Waals surface area (Å²) in [5, 5.41) is 0.524. The summed E-state index contributed by atoms with van der Waals surface area (Å²) in [7, 11) is 0.542. The average molecular weight is 462 g/mol. The predicted octanol–water partition coefficient (Wildman–Crippen LogP) is 5.32. The smallest absolute Gasteiger partial charge is 0.265 e. The maximum absolute atomic E-state index is 13.8. The molecular formula is C23H24ClNO5S. The number of hydrogen-bond acceptors (Lipinski definition) is 5. The van der Waals surface area contributed by atoms with Crippen molar-refractivity contribution in [2.45, 2.75) is 17.9 Å². The van der Waals surface area contributed by atoms with Gasteiger partial charge in [0.05, 0.1) is 38.0 Å². The van der Waals surface area contributed by atoms with E-state index in [1.165, 1.54) is 37.8 Å². The van der Waals surface area contributed by atoms with Gasteiger partial charge in [-0.05, 0) is 48.9 Å². The summed E-state index contributed by atoms with van der Waals surface area (Å²) in [6, 6.07) is 17.9.